The largest absolute Gasteiger partial charge is 0.494 e. The average molecular weight is 472 g/mol. The van der Waals surface area contributed by atoms with Gasteiger partial charge in [0, 0.05) is 22.0 Å². The van der Waals surface area contributed by atoms with Gasteiger partial charge in [0.2, 0.25) is 0 Å². The van der Waals surface area contributed by atoms with E-state index in [0.717, 1.165) is 36.3 Å². The van der Waals surface area contributed by atoms with Crippen molar-refractivity contribution < 1.29 is 5.11 Å². The highest BCUT2D eigenvalue weighted by atomic mass is 127. The molecule has 3 aromatic rings. The molecule has 1 fully saturated rings. The molecule has 0 atom stereocenters. The van der Waals surface area contributed by atoms with Gasteiger partial charge in [-0.3, -0.25) is 0 Å². The van der Waals surface area contributed by atoms with Gasteiger partial charge in [0.25, 0.3) is 0 Å². The number of hydrogen-bond donors (Lipinski definition) is 3. The van der Waals surface area contributed by atoms with Gasteiger partial charge < -0.3 is 15.4 Å². The van der Waals surface area contributed by atoms with Crippen molar-refractivity contribution in [2.24, 2.45) is 10.2 Å². The first-order valence-electron chi connectivity index (χ1n) is 9.16. The first-order valence-corrected chi connectivity index (χ1v) is 10.2. The lowest BCUT2D eigenvalue weighted by Crippen LogP contribution is -2.21. The summed E-state index contributed by atoms with van der Waals surface area (Å²) in [7, 11) is 0. The van der Waals surface area contributed by atoms with Crippen LogP contribution in [0.5, 0.6) is 5.88 Å². The molecule has 3 heterocycles. The second-order valence-corrected chi connectivity index (χ2v) is 7.68. The van der Waals surface area contributed by atoms with Crippen molar-refractivity contribution in [2.45, 2.75) is 19.3 Å². The first-order chi connectivity index (χ1) is 13.2. The van der Waals surface area contributed by atoms with Crippen molar-refractivity contribution in [1.82, 2.24) is 10.3 Å². The number of aromatic hydroxyl groups is 1. The van der Waals surface area contributed by atoms with Crippen molar-refractivity contribution >= 4 is 43.3 Å². The molecule has 1 aromatic heterocycles. The standard InChI is InChI=1S/C16H10IN3O.C5H11N/c17-15-12-8-9(5-6-14(12)19-20-15)7-11-10-3-1-2-4-13(10)18-16(11)21;1-2-4-6-5-3-1/h1-8,18,21H;6H,1-5H2. The van der Waals surface area contributed by atoms with Crippen LogP contribution in [0, 0.1) is 0 Å². The molecule has 2 aromatic carbocycles. The smallest absolute Gasteiger partial charge is 0.196 e. The second kappa shape index (κ2) is 8.22. The predicted molar refractivity (Wildman–Crippen MR) is 118 cm³/mol. The summed E-state index contributed by atoms with van der Waals surface area (Å²) >= 11 is 2.18. The van der Waals surface area contributed by atoms with Crippen LogP contribution in [0.15, 0.2) is 52.7 Å². The molecule has 6 heteroatoms. The third kappa shape index (κ3) is 4.06. The lowest BCUT2D eigenvalue weighted by molar-refractivity contribution is 0.457. The van der Waals surface area contributed by atoms with Crippen LogP contribution < -0.4 is 15.9 Å². The Bertz CT molecular complexity index is 1100. The number of aromatic amines is 1. The second-order valence-electron chi connectivity index (χ2n) is 6.66. The molecule has 0 aliphatic carbocycles. The van der Waals surface area contributed by atoms with E-state index < -0.39 is 0 Å². The highest BCUT2D eigenvalue weighted by Crippen LogP contribution is 2.27. The third-order valence-electron chi connectivity index (χ3n) is 4.73. The quantitative estimate of drug-likeness (QED) is 0.476. The molecule has 0 spiro atoms. The Morgan fingerprint density at radius 3 is 2.56 bits per heavy atom. The zero-order valence-corrected chi connectivity index (χ0v) is 17.0. The minimum absolute atomic E-state index is 0.185. The van der Waals surface area contributed by atoms with Crippen molar-refractivity contribution in [3.8, 4) is 5.88 Å². The van der Waals surface area contributed by atoms with Gasteiger partial charge in [0.05, 0.1) is 5.36 Å². The maximum Gasteiger partial charge on any atom is 0.196 e. The maximum atomic E-state index is 10.1. The highest BCUT2D eigenvalue weighted by Gasteiger charge is 2.10. The van der Waals surface area contributed by atoms with Gasteiger partial charge in [-0.2, -0.15) is 0 Å². The van der Waals surface area contributed by atoms with E-state index in [-0.39, 0.29) is 5.88 Å². The molecule has 2 aliphatic heterocycles. The van der Waals surface area contributed by atoms with Gasteiger partial charge in [-0.1, -0.05) is 30.7 Å². The molecular weight excluding hydrogens is 451 g/mol. The van der Waals surface area contributed by atoms with Crippen LogP contribution in [0.2, 0.25) is 0 Å². The normalized spacial score (nSPS) is 16.3. The Hall–Kier alpha value is -2.19. The minimum Gasteiger partial charge on any atom is -0.494 e. The predicted octanol–water partition coefficient (Wildman–Crippen LogP) is 3.19. The zero-order chi connectivity index (χ0) is 18.6. The molecule has 5 rings (SSSR count). The maximum absolute atomic E-state index is 10.1. The first kappa shape index (κ1) is 18.2. The minimum atomic E-state index is 0.185. The van der Waals surface area contributed by atoms with Gasteiger partial charge in [0.1, 0.15) is 3.72 Å². The molecule has 3 N–H and O–H groups in total. The molecule has 0 unspecified atom stereocenters. The lowest BCUT2D eigenvalue weighted by Gasteiger charge is -2.08. The Labute approximate surface area is 171 Å². The van der Waals surface area contributed by atoms with Gasteiger partial charge in [-0.25, -0.2) is 0 Å². The van der Waals surface area contributed by atoms with Gasteiger partial charge in [-0.15, -0.1) is 10.2 Å². The summed E-state index contributed by atoms with van der Waals surface area (Å²) in [4.78, 5) is 2.99. The number of H-pyrrole nitrogens is 1. The summed E-state index contributed by atoms with van der Waals surface area (Å²) in [5.41, 5.74) is 2.75. The molecule has 0 amide bonds. The number of halogens is 1. The van der Waals surface area contributed by atoms with Crippen LogP contribution in [0.1, 0.15) is 30.4 Å². The van der Waals surface area contributed by atoms with E-state index in [1.165, 1.54) is 32.4 Å². The number of nitrogens with zero attached hydrogens (tertiary/aromatic N) is 2. The third-order valence-corrected chi connectivity index (χ3v) is 5.53. The van der Waals surface area contributed by atoms with Crippen molar-refractivity contribution in [3.63, 3.8) is 0 Å². The van der Waals surface area contributed by atoms with Crippen LogP contribution in [-0.4, -0.2) is 26.9 Å². The summed E-state index contributed by atoms with van der Waals surface area (Å²) in [6.07, 6.45) is 6.18. The van der Waals surface area contributed by atoms with E-state index in [9.17, 15) is 5.11 Å². The van der Waals surface area contributed by atoms with E-state index >= 15 is 0 Å². The number of aromatic nitrogens is 1. The van der Waals surface area contributed by atoms with Crippen LogP contribution in [0.4, 0.5) is 0 Å². The molecule has 0 radical (unpaired) electrons. The molecule has 1 saturated heterocycles. The number of nitrogens with one attached hydrogen (secondary N) is 2. The van der Waals surface area contributed by atoms with Crippen molar-refractivity contribution in [2.75, 3.05) is 13.1 Å². The Morgan fingerprint density at radius 1 is 1.00 bits per heavy atom. The molecule has 27 heavy (non-hydrogen) atoms. The summed E-state index contributed by atoms with van der Waals surface area (Å²) in [5, 5.41) is 24.5. The molecule has 5 nitrogen and oxygen atoms in total. The van der Waals surface area contributed by atoms with Gasteiger partial charge in [0.15, 0.2) is 5.88 Å². The fourth-order valence-electron chi connectivity index (χ4n) is 3.31. The van der Waals surface area contributed by atoms with E-state index in [1.807, 2.05) is 48.5 Å². The molecule has 2 aliphatic rings. The molecule has 0 saturated carbocycles. The fourth-order valence-corrected chi connectivity index (χ4v) is 3.85. The van der Waals surface area contributed by atoms with E-state index in [1.54, 1.807) is 0 Å². The summed E-state index contributed by atoms with van der Waals surface area (Å²) in [6, 6.07) is 13.8. The van der Waals surface area contributed by atoms with Crippen LogP contribution in [0.3, 0.4) is 0 Å². The summed E-state index contributed by atoms with van der Waals surface area (Å²) in [5.74, 6) is 0.185. The van der Waals surface area contributed by atoms with Crippen molar-refractivity contribution in [3.05, 3.63) is 64.2 Å². The molecule has 138 valence electrons. The van der Waals surface area contributed by atoms with Crippen LogP contribution >= 0.6 is 22.6 Å². The fraction of sp³-hybridized carbons (Fsp3) is 0.238. The Kier molecular flexibility index (Phi) is 5.54. The summed E-state index contributed by atoms with van der Waals surface area (Å²) < 4.78 is 0.890. The van der Waals surface area contributed by atoms with Gasteiger partial charge >= 0.3 is 0 Å². The lowest BCUT2D eigenvalue weighted by atomic mass is 10.1. The molecular formula is C21H21IN4O. The Morgan fingerprint density at radius 2 is 1.81 bits per heavy atom. The number of fused-ring (bicyclic) bond motifs is 2. The van der Waals surface area contributed by atoms with E-state index in [4.69, 9.17) is 0 Å². The van der Waals surface area contributed by atoms with Crippen molar-refractivity contribution in [1.29, 1.82) is 0 Å². The van der Waals surface area contributed by atoms with Gasteiger partial charge in [-0.05, 0) is 78.0 Å². The number of rotatable bonds is 1. The number of hydrogen-bond acceptors (Lipinski definition) is 4. The van der Waals surface area contributed by atoms with Crippen LogP contribution in [-0.2, 0) is 0 Å². The van der Waals surface area contributed by atoms with E-state index in [0.29, 0.717) is 0 Å². The molecule has 0 bridgehead atoms. The van der Waals surface area contributed by atoms with Crippen LogP contribution in [0.25, 0.3) is 17.0 Å². The number of benzene rings is 2. The summed E-state index contributed by atoms with van der Waals surface area (Å²) in [6.45, 7) is 2.50. The number of para-hydroxylation sites is 1. The number of piperidine rings is 1. The van der Waals surface area contributed by atoms with E-state index in [2.05, 4.69) is 43.1 Å². The zero-order valence-electron chi connectivity index (χ0n) is 14.9. The highest BCUT2D eigenvalue weighted by molar-refractivity contribution is 14.1. The Balaban J connectivity index is 0.000000257. The topological polar surface area (TPSA) is 72.8 Å². The average Bonchev–Trinajstić information content (AvgIpc) is 3.24. The SMILES string of the molecule is C1CCNCC1.Oc1[nH]c2ccccc2c1C=c1ccc2c(c1)C(I)=NN=2. The monoisotopic (exact) mass is 472 g/mol.